The number of sulfonamides is 1. The molecule has 2 rings (SSSR count). The second-order valence-electron chi connectivity index (χ2n) is 4.03. The Balaban J connectivity index is 2.13. The predicted molar refractivity (Wildman–Crippen MR) is 72.7 cm³/mol. The maximum atomic E-state index is 11.8. The molecule has 5 heteroatoms. The fraction of sp³-hybridized carbons (Fsp3) is 0.500. The smallest absolute Gasteiger partial charge is 0.212 e. The van der Waals surface area contributed by atoms with Gasteiger partial charge in [0, 0.05) is 24.1 Å². The van der Waals surface area contributed by atoms with Crippen molar-refractivity contribution >= 4 is 21.8 Å². The first kappa shape index (κ1) is 12.9. The Bertz CT molecular complexity index is 459. The Morgan fingerprint density at radius 3 is 2.71 bits per heavy atom. The highest BCUT2D eigenvalue weighted by Crippen LogP contribution is 2.33. The molecule has 0 aromatic heterocycles. The van der Waals surface area contributed by atoms with Gasteiger partial charge in [0.1, 0.15) is 0 Å². The lowest BCUT2D eigenvalue weighted by Crippen LogP contribution is -2.39. The first-order valence-corrected chi connectivity index (χ1v) is 8.43. The van der Waals surface area contributed by atoms with Crippen LogP contribution in [0.5, 0.6) is 0 Å². The summed E-state index contributed by atoms with van der Waals surface area (Å²) in [5.74, 6) is 1.07. The molecule has 1 aromatic rings. The molecule has 1 aliphatic rings. The molecule has 0 N–H and O–H groups in total. The summed E-state index contributed by atoms with van der Waals surface area (Å²) < 4.78 is 25.3. The van der Waals surface area contributed by atoms with Gasteiger partial charge in [-0.05, 0) is 12.5 Å². The van der Waals surface area contributed by atoms with Crippen LogP contribution >= 0.6 is 11.8 Å². The predicted octanol–water partition coefficient (Wildman–Crippen LogP) is 2.13. The average Bonchev–Trinajstić information content (AvgIpc) is 2.40. The van der Waals surface area contributed by atoms with Crippen LogP contribution in [0.1, 0.15) is 17.7 Å². The van der Waals surface area contributed by atoms with E-state index >= 15 is 0 Å². The van der Waals surface area contributed by atoms with Crippen molar-refractivity contribution in [3.05, 3.63) is 35.9 Å². The fourth-order valence-corrected chi connectivity index (χ4v) is 4.50. The third kappa shape index (κ3) is 3.03. The van der Waals surface area contributed by atoms with Crippen molar-refractivity contribution in [2.24, 2.45) is 0 Å². The molecule has 1 fully saturated rings. The van der Waals surface area contributed by atoms with E-state index in [0.717, 1.165) is 5.75 Å². The first-order valence-electron chi connectivity index (χ1n) is 5.78. The van der Waals surface area contributed by atoms with Crippen LogP contribution in [0.15, 0.2) is 30.3 Å². The lowest BCUT2D eigenvalue weighted by molar-refractivity contribution is 0.422. The molecule has 1 aromatic carbocycles. The molecule has 0 radical (unpaired) electrons. The summed E-state index contributed by atoms with van der Waals surface area (Å²) in [4.78, 5) is 0. The van der Waals surface area contributed by atoms with Crippen molar-refractivity contribution in [3.63, 3.8) is 0 Å². The van der Waals surface area contributed by atoms with Crippen LogP contribution in [-0.2, 0) is 10.0 Å². The maximum absolute atomic E-state index is 11.8. The number of benzene rings is 1. The zero-order chi connectivity index (χ0) is 12.3. The molecule has 1 heterocycles. The Hall–Kier alpha value is -0.520. The average molecular weight is 271 g/mol. The van der Waals surface area contributed by atoms with Gasteiger partial charge in [0.05, 0.1) is 5.75 Å². The molecule has 1 atom stereocenters. The van der Waals surface area contributed by atoms with Gasteiger partial charge in [-0.1, -0.05) is 30.3 Å². The van der Waals surface area contributed by atoms with Crippen LogP contribution in [0.3, 0.4) is 0 Å². The van der Waals surface area contributed by atoms with E-state index in [1.54, 1.807) is 11.2 Å². The number of rotatable bonds is 3. The first-order chi connectivity index (χ1) is 8.13. The number of hydrogen-bond donors (Lipinski definition) is 0. The highest BCUT2D eigenvalue weighted by atomic mass is 32.2. The molecule has 3 nitrogen and oxygen atoms in total. The standard InChI is InChI=1S/C12H17NO2S2/c1-2-17(14,15)13-8-9-16-12(10-13)11-6-4-3-5-7-11/h3-7,12H,2,8-10H2,1H3. The molecule has 0 aliphatic carbocycles. The molecular formula is C12H17NO2S2. The largest absolute Gasteiger partial charge is 0.213 e. The second kappa shape index (κ2) is 5.42. The van der Waals surface area contributed by atoms with E-state index in [4.69, 9.17) is 0 Å². The molecule has 1 saturated heterocycles. The zero-order valence-electron chi connectivity index (χ0n) is 9.87. The van der Waals surface area contributed by atoms with Crippen molar-refractivity contribution in [3.8, 4) is 0 Å². The van der Waals surface area contributed by atoms with E-state index < -0.39 is 10.0 Å². The highest BCUT2D eigenvalue weighted by molar-refractivity contribution is 7.99. The zero-order valence-corrected chi connectivity index (χ0v) is 11.5. The number of nitrogens with zero attached hydrogens (tertiary/aromatic N) is 1. The molecule has 94 valence electrons. The third-order valence-electron chi connectivity index (χ3n) is 2.96. The van der Waals surface area contributed by atoms with Crippen molar-refractivity contribution < 1.29 is 8.42 Å². The minimum atomic E-state index is -3.04. The van der Waals surface area contributed by atoms with Gasteiger partial charge in [0.15, 0.2) is 0 Å². The van der Waals surface area contributed by atoms with Gasteiger partial charge in [0.25, 0.3) is 0 Å². The van der Waals surface area contributed by atoms with E-state index in [-0.39, 0.29) is 11.0 Å². The minimum Gasteiger partial charge on any atom is -0.212 e. The van der Waals surface area contributed by atoms with Gasteiger partial charge >= 0.3 is 0 Å². The lowest BCUT2D eigenvalue weighted by atomic mass is 10.1. The quantitative estimate of drug-likeness (QED) is 0.845. The summed E-state index contributed by atoms with van der Waals surface area (Å²) in [6, 6.07) is 10.1. The summed E-state index contributed by atoms with van der Waals surface area (Å²) >= 11 is 1.84. The normalized spacial score (nSPS) is 22.5. The van der Waals surface area contributed by atoms with Crippen molar-refractivity contribution in [1.29, 1.82) is 0 Å². The molecular weight excluding hydrogens is 254 g/mol. The summed E-state index contributed by atoms with van der Waals surface area (Å²) in [5, 5.41) is 0.270. The Kier molecular flexibility index (Phi) is 4.12. The summed E-state index contributed by atoms with van der Waals surface area (Å²) in [7, 11) is -3.04. The molecule has 0 bridgehead atoms. The maximum Gasteiger partial charge on any atom is 0.213 e. The molecule has 0 saturated carbocycles. The Morgan fingerprint density at radius 1 is 1.35 bits per heavy atom. The molecule has 0 spiro atoms. The minimum absolute atomic E-state index is 0.194. The van der Waals surface area contributed by atoms with Crippen LogP contribution in [-0.4, -0.2) is 37.3 Å². The summed E-state index contributed by atoms with van der Waals surface area (Å²) in [6.07, 6.45) is 0. The van der Waals surface area contributed by atoms with Gasteiger partial charge in [-0.15, -0.1) is 0 Å². The van der Waals surface area contributed by atoms with Gasteiger partial charge in [-0.3, -0.25) is 0 Å². The van der Waals surface area contributed by atoms with E-state index in [1.807, 2.05) is 30.0 Å². The van der Waals surface area contributed by atoms with E-state index in [0.29, 0.717) is 13.1 Å². The summed E-state index contributed by atoms with van der Waals surface area (Å²) in [5.41, 5.74) is 1.22. The molecule has 1 unspecified atom stereocenters. The van der Waals surface area contributed by atoms with E-state index in [1.165, 1.54) is 5.56 Å². The van der Waals surface area contributed by atoms with E-state index in [2.05, 4.69) is 12.1 Å². The van der Waals surface area contributed by atoms with Crippen LogP contribution in [0.2, 0.25) is 0 Å². The Morgan fingerprint density at radius 2 is 2.06 bits per heavy atom. The lowest BCUT2D eigenvalue weighted by Gasteiger charge is -2.31. The van der Waals surface area contributed by atoms with Crippen LogP contribution in [0.25, 0.3) is 0 Å². The summed E-state index contributed by atoms with van der Waals surface area (Å²) in [6.45, 7) is 2.95. The number of thioether (sulfide) groups is 1. The monoisotopic (exact) mass is 271 g/mol. The van der Waals surface area contributed by atoms with Gasteiger partial charge in [-0.25, -0.2) is 8.42 Å². The van der Waals surface area contributed by atoms with Crippen LogP contribution in [0.4, 0.5) is 0 Å². The second-order valence-corrected chi connectivity index (χ2v) is 7.60. The van der Waals surface area contributed by atoms with Gasteiger partial charge in [-0.2, -0.15) is 16.1 Å². The Labute approximate surface area is 107 Å². The van der Waals surface area contributed by atoms with Crippen molar-refractivity contribution in [1.82, 2.24) is 4.31 Å². The van der Waals surface area contributed by atoms with Crippen LogP contribution < -0.4 is 0 Å². The van der Waals surface area contributed by atoms with Crippen LogP contribution in [0, 0.1) is 0 Å². The van der Waals surface area contributed by atoms with E-state index in [9.17, 15) is 8.42 Å². The SMILES string of the molecule is CCS(=O)(=O)N1CCSC(c2ccccc2)C1. The third-order valence-corrected chi connectivity index (χ3v) is 6.05. The van der Waals surface area contributed by atoms with Gasteiger partial charge < -0.3 is 0 Å². The highest BCUT2D eigenvalue weighted by Gasteiger charge is 2.28. The fourth-order valence-electron chi connectivity index (χ4n) is 1.93. The number of hydrogen-bond acceptors (Lipinski definition) is 3. The molecule has 0 amide bonds. The van der Waals surface area contributed by atoms with Gasteiger partial charge in [0.2, 0.25) is 10.0 Å². The molecule has 1 aliphatic heterocycles. The topological polar surface area (TPSA) is 37.4 Å². The van der Waals surface area contributed by atoms with Crippen molar-refractivity contribution in [2.75, 3.05) is 24.6 Å². The molecule has 17 heavy (non-hydrogen) atoms. The van der Waals surface area contributed by atoms with Crippen molar-refractivity contribution in [2.45, 2.75) is 12.2 Å².